The minimum atomic E-state index is -0.261. The van der Waals surface area contributed by atoms with Gasteiger partial charge in [-0.3, -0.25) is 0 Å². The van der Waals surface area contributed by atoms with Crippen LogP contribution in [0.1, 0.15) is 28.2 Å². The molecule has 0 spiro atoms. The van der Waals surface area contributed by atoms with E-state index < -0.39 is 0 Å². The van der Waals surface area contributed by atoms with Gasteiger partial charge in [-0.05, 0) is 34.4 Å². The molecule has 0 fully saturated rings. The van der Waals surface area contributed by atoms with Crippen molar-refractivity contribution in [2.24, 2.45) is 0 Å². The van der Waals surface area contributed by atoms with Gasteiger partial charge in [0.1, 0.15) is 6.29 Å². The number of hydrogen-bond donors (Lipinski definition) is 0. The maximum Gasteiger partial charge on any atom is 0.131 e. The van der Waals surface area contributed by atoms with E-state index in [1.165, 1.54) is 11.1 Å². The first kappa shape index (κ1) is 15.4. The van der Waals surface area contributed by atoms with Crippen molar-refractivity contribution in [3.05, 3.63) is 107 Å². The molecular weight excluding hydrogens is 306 g/mol. The van der Waals surface area contributed by atoms with Gasteiger partial charge in [0.2, 0.25) is 0 Å². The van der Waals surface area contributed by atoms with Crippen molar-refractivity contribution in [1.82, 2.24) is 0 Å². The van der Waals surface area contributed by atoms with Crippen LogP contribution in [-0.2, 0) is 11.3 Å². The van der Waals surface area contributed by atoms with Crippen molar-refractivity contribution in [2.75, 3.05) is 4.90 Å². The molecule has 0 aliphatic carbocycles. The van der Waals surface area contributed by atoms with Gasteiger partial charge in [0.25, 0.3) is 0 Å². The Hall–Kier alpha value is -3.13. The van der Waals surface area contributed by atoms with Crippen molar-refractivity contribution in [3.8, 4) is 0 Å². The number of para-hydroxylation sites is 1. The van der Waals surface area contributed by atoms with E-state index in [9.17, 15) is 4.79 Å². The lowest BCUT2D eigenvalue weighted by atomic mass is 9.90. The fourth-order valence-electron chi connectivity index (χ4n) is 3.42. The van der Waals surface area contributed by atoms with E-state index in [-0.39, 0.29) is 5.92 Å². The van der Waals surface area contributed by atoms with Crippen LogP contribution in [0.5, 0.6) is 0 Å². The first-order valence-electron chi connectivity index (χ1n) is 8.49. The van der Waals surface area contributed by atoms with Gasteiger partial charge < -0.3 is 9.69 Å². The summed E-state index contributed by atoms with van der Waals surface area (Å²) < 4.78 is 0. The highest BCUT2D eigenvalue weighted by atomic mass is 16.1. The fourth-order valence-corrected chi connectivity index (χ4v) is 3.42. The van der Waals surface area contributed by atoms with E-state index in [0.717, 1.165) is 29.6 Å². The molecule has 1 aliphatic heterocycles. The van der Waals surface area contributed by atoms with Crippen LogP contribution in [0.4, 0.5) is 5.69 Å². The Bertz CT molecular complexity index is 914. The summed E-state index contributed by atoms with van der Waals surface area (Å²) in [6.07, 6.45) is 5.28. The maximum absolute atomic E-state index is 11.9. The molecule has 1 aliphatic rings. The zero-order chi connectivity index (χ0) is 17.1. The third-order valence-corrected chi connectivity index (χ3v) is 4.71. The summed E-state index contributed by atoms with van der Waals surface area (Å²) in [6.45, 7) is 0.810. The first-order valence-corrected chi connectivity index (χ1v) is 8.49. The van der Waals surface area contributed by atoms with Gasteiger partial charge in [0, 0.05) is 18.4 Å². The zero-order valence-electron chi connectivity index (χ0n) is 13.9. The molecule has 1 unspecified atom stereocenters. The monoisotopic (exact) mass is 325 g/mol. The SMILES string of the molecule is O=CC(c1ccccc1)c1ccccc1N1C=Cc2ccccc2C1. The maximum atomic E-state index is 11.9. The summed E-state index contributed by atoms with van der Waals surface area (Å²) >= 11 is 0. The van der Waals surface area contributed by atoms with Crippen LogP contribution < -0.4 is 4.90 Å². The number of rotatable bonds is 4. The Labute approximate surface area is 148 Å². The molecule has 1 heterocycles. The third kappa shape index (κ3) is 2.99. The summed E-state index contributed by atoms with van der Waals surface area (Å²) in [7, 11) is 0. The molecule has 0 saturated heterocycles. The first-order chi connectivity index (χ1) is 12.4. The van der Waals surface area contributed by atoms with Crippen LogP contribution in [0, 0.1) is 0 Å². The molecule has 0 amide bonds. The van der Waals surface area contributed by atoms with Crippen molar-refractivity contribution in [2.45, 2.75) is 12.5 Å². The minimum absolute atomic E-state index is 0.261. The van der Waals surface area contributed by atoms with Gasteiger partial charge in [-0.25, -0.2) is 0 Å². The average Bonchev–Trinajstić information content (AvgIpc) is 2.69. The Morgan fingerprint density at radius 2 is 1.56 bits per heavy atom. The predicted octanol–water partition coefficient (Wildman–Crippen LogP) is 5.01. The molecule has 3 aromatic carbocycles. The summed E-state index contributed by atoms with van der Waals surface area (Å²) in [5, 5.41) is 0. The predicted molar refractivity (Wildman–Crippen MR) is 102 cm³/mol. The lowest BCUT2D eigenvalue weighted by molar-refractivity contribution is -0.108. The van der Waals surface area contributed by atoms with Crippen molar-refractivity contribution in [1.29, 1.82) is 0 Å². The quantitative estimate of drug-likeness (QED) is 0.629. The van der Waals surface area contributed by atoms with Crippen LogP contribution in [0.2, 0.25) is 0 Å². The van der Waals surface area contributed by atoms with E-state index in [1.807, 2.05) is 42.5 Å². The van der Waals surface area contributed by atoms with Crippen molar-refractivity contribution in [3.63, 3.8) is 0 Å². The number of nitrogens with zero attached hydrogens (tertiary/aromatic N) is 1. The van der Waals surface area contributed by atoms with Crippen LogP contribution in [-0.4, -0.2) is 6.29 Å². The molecule has 1 atom stereocenters. The van der Waals surface area contributed by atoms with Gasteiger partial charge in [0.05, 0.1) is 5.92 Å². The molecular formula is C23H19NO. The Balaban J connectivity index is 1.74. The van der Waals surface area contributed by atoms with Gasteiger partial charge in [-0.2, -0.15) is 0 Å². The smallest absolute Gasteiger partial charge is 0.131 e. The standard InChI is InChI=1S/C23H19NO/c25-17-22(19-9-2-1-3-10-19)21-12-6-7-13-23(21)24-15-14-18-8-4-5-11-20(18)16-24/h1-15,17,22H,16H2. The second kappa shape index (κ2) is 6.78. The fraction of sp³-hybridized carbons (Fsp3) is 0.0870. The summed E-state index contributed by atoms with van der Waals surface area (Å²) in [5.41, 5.74) is 5.68. The van der Waals surface area contributed by atoms with E-state index in [4.69, 9.17) is 0 Å². The molecule has 0 N–H and O–H groups in total. The molecule has 2 heteroatoms. The number of carbonyl (C=O) groups is 1. The van der Waals surface area contributed by atoms with E-state index in [1.54, 1.807) is 0 Å². The number of aldehydes is 1. The van der Waals surface area contributed by atoms with E-state index >= 15 is 0 Å². The largest absolute Gasteiger partial charge is 0.343 e. The van der Waals surface area contributed by atoms with Crippen LogP contribution >= 0.6 is 0 Å². The number of carbonyl (C=O) groups excluding carboxylic acids is 1. The van der Waals surface area contributed by atoms with Gasteiger partial charge in [-0.1, -0.05) is 72.8 Å². The van der Waals surface area contributed by atoms with Crippen LogP contribution in [0.25, 0.3) is 6.08 Å². The summed E-state index contributed by atoms with van der Waals surface area (Å²) in [4.78, 5) is 14.1. The van der Waals surface area contributed by atoms with E-state index in [0.29, 0.717) is 0 Å². The molecule has 0 radical (unpaired) electrons. The molecule has 0 aromatic heterocycles. The van der Waals surface area contributed by atoms with Crippen molar-refractivity contribution < 1.29 is 4.79 Å². The normalized spacial score (nSPS) is 14.0. The van der Waals surface area contributed by atoms with Gasteiger partial charge in [-0.15, -0.1) is 0 Å². The molecule has 3 aromatic rings. The Morgan fingerprint density at radius 3 is 2.40 bits per heavy atom. The van der Waals surface area contributed by atoms with Gasteiger partial charge >= 0.3 is 0 Å². The highest BCUT2D eigenvalue weighted by Crippen LogP contribution is 2.34. The Morgan fingerprint density at radius 1 is 0.840 bits per heavy atom. The second-order valence-corrected chi connectivity index (χ2v) is 6.23. The average molecular weight is 325 g/mol. The lowest BCUT2D eigenvalue weighted by Crippen LogP contribution is -2.21. The number of hydrogen-bond acceptors (Lipinski definition) is 2. The van der Waals surface area contributed by atoms with E-state index in [2.05, 4.69) is 53.6 Å². The highest BCUT2D eigenvalue weighted by molar-refractivity contribution is 5.75. The molecule has 25 heavy (non-hydrogen) atoms. The zero-order valence-corrected chi connectivity index (χ0v) is 13.9. The highest BCUT2D eigenvalue weighted by Gasteiger charge is 2.20. The molecule has 0 bridgehead atoms. The molecule has 122 valence electrons. The van der Waals surface area contributed by atoms with Gasteiger partial charge in [0.15, 0.2) is 0 Å². The second-order valence-electron chi connectivity index (χ2n) is 6.23. The Kier molecular flexibility index (Phi) is 4.17. The number of anilines is 1. The number of fused-ring (bicyclic) bond motifs is 1. The molecule has 0 saturated carbocycles. The number of benzene rings is 3. The minimum Gasteiger partial charge on any atom is -0.343 e. The van der Waals surface area contributed by atoms with Crippen LogP contribution in [0.15, 0.2) is 85.1 Å². The summed E-state index contributed by atoms with van der Waals surface area (Å²) in [6, 6.07) is 26.5. The lowest BCUT2D eigenvalue weighted by Gasteiger charge is -2.29. The third-order valence-electron chi connectivity index (χ3n) is 4.71. The van der Waals surface area contributed by atoms with Crippen molar-refractivity contribution >= 4 is 18.0 Å². The summed E-state index contributed by atoms with van der Waals surface area (Å²) in [5.74, 6) is -0.261. The molecule has 2 nitrogen and oxygen atoms in total. The molecule has 4 rings (SSSR count). The van der Waals surface area contributed by atoms with Crippen LogP contribution in [0.3, 0.4) is 0 Å². The topological polar surface area (TPSA) is 20.3 Å².